The Morgan fingerprint density at radius 3 is 2.59 bits per heavy atom. The normalized spacial score (nSPS) is 11.1. The summed E-state index contributed by atoms with van der Waals surface area (Å²) in [5, 5.41) is 13.2. The molecule has 1 aromatic carbocycles. The second-order valence-corrected chi connectivity index (χ2v) is 8.61. The summed E-state index contributed by atoms with van der Waals surface area (Å²) in [7, 11) is 0. The molecule has 0 amide bonds. The predicted octanol–water partition coefficient (Wildman–Crippen LogP) is 4.01. The average Bonchev–Trinajstić information content (AvgIpc) is 2.96. The fourth-order valence-electron chi connectivity index (χ4n) is 1.93. The third kappa shape index (κ3) is 6.33. The van der Waals surface area contributed by atoms with Crippen molar-refractivity contribution in [2.24, 2.45) is 0 Å². The number of thiazole rings is 1. The summed E-state index contributed by atoms with van der Waals surface area (Å²) in [6.45, 7) is 6.33. The molecule has 0 N–H and O–H groups in total. The molecule has 0 unspecified atom stereocenters. The van der Waals surface area contributed by atoms with Gasteiger partial charge in [-0.1, -0.05) is 11.8 Å². The predicted molar refractivity (Wildman–Crippen MR) is 100 cm³/mol. The van der Waals surface area contributed by atoms with E-state index in [4.69, 9.17) is 9.47 Å². The summed E-state index contributed by atoms with van der Waals surface area (Å²) in [5.74, 6) is -1.54. The Labute approximate surface area is 164 Å². The highest BCUT2D eigenvalue weighted by atomic mass is 32.2. The molecule has 8 nitrogen and oxygen atoms in total. The number of hydrogen-bond acceptors (Lipinski definition) is 9. The number of hydrogen-bond donors (Lipinski definition) is 0. The molecular weight excluding hydrogens is 392 g/mol. The molecule has 0 aliphatic heterocycles. The number of aryl methyl sites for hydroxylation is 1. The van der Waals surface area contributed by atoms with Crippen LogP contribution in [0.15, 0.2) is 32.8 Å². The van der Waals surface area contributed by atoms with Crippen LogP contribution in [0.3, 0.4) is 0 Å². The summed E-state index contributed by atoms with van der Waals surface area (Å²) in [6, 6.07) is 4.00. The Morgan fingerprint density at radius 1 is 1.33 bits per heavy atom. The van der Waals surface area contributed by atoms with Crippen LogP contribution in [0.2, 0.25) is 0 Å². The van der Waals surface area contributed by atoms with Gasteiger partial charge in [0.25, 0.3) is 5.69 Å². The van der Waals surface area contributed by atoms with Gasteiger partial charge in [0.05, 0.1) is 15.4 Å². The molecule has 1 aromatic heterocycles. The largest absolute Gasteiger partial charge is 0.457 e. The highest BCUT2D eigenvalue weighted by molar-refractivity contribution is 8.01. The molecule has 0 saturated carbocycles. The zero-order valence-corrected chi connectivity index (χ0v) is 16.8. The Morgan fingerprint density at radius 2 is 2.04 bits per heavy atom. The van der Waals surface area contributed by atoms with Crippen LogP contribution in [0.5, 0.6) is 0 Å². The van der Waals surface area contributed by atoms with E-state index in [1.807, 2.05) is 12.3 Å². The lowest BCUT2D eigenvalue weighted by Crippen LogP contribution is -2.27. The number of nitro groups is 1. The second-order valence-electron chi connectivity index (χ2n) is 6.46. The molecule has 10 heteroatoms. The maximum atomic E-state index is 12.1. The van der Waals surface area contributed by atoms with E-state index >= 15 is 0 Å². The molecule has 0 atom stereocenters. The zero-order chi connectivity index (χ0) is 20.2. The van der Waals surface area contributed by atoms with Crippen LogP contribution in [-0.2, 0) is 14.3 Å². The molecule has 0 fully saturated rings. The van der Waals surface area contributed by atoms with Crippen molar-refractivity contribution in [3.8, 4) is 0 Å². The van der Waals surface area contributed by atoms with Crippen LogP contribution < -0.4 is 0 Å². The number of carbonyl (C=O) groups is 2. The standard InChI is InChI=1S/C17H18N2O6S2/c1-10-9-26-16(18-10)27-13-6-5-11(7-12(13)19(22)23)15(21)24-8-14(20)25-17(2,3)4/h5-7,9H,8H2,1-4H3. The number of aromatic nitrogens is 1. The second kappa shape index (κ2) is 8.49. The van der Waals surface area contributed by atoms with Crippen molar-refractivity contribution in [1.82, 2.24) is 4.98 Å². The maximum absolute atomic E-state index is 12.1. The smallest absolute Gasteiger partial charge is 0.344 e. The van der Waals surface area contributed by atoms with Crippen LogP contribution >= 0.6 is 23.1 Å². The van der Waals surface area contributed by atoms with E-state index in [2.05, 4.69) is 4.98 Å². The van der Waals surface area contributed by atoms with Crippen LogP contribution in [0.4, 0.5) is 5.69 Å². The van der Waals surface area contributed by atoms with Gasteiger partial charge in [0.2, 0.25) is 0 Å². The van der Waals surface area contributed by atoms with Gasteiger partial charge in [-0.25, -0.2) is 14.6 Å². The lowest BCUT2D eigenvalue weighted by Gasteiger charge is -2.19. The summed E-state index contributed by atoms with van der Waals surface area (Å²) in [4.78, 5) is 39.1. The molecule has 0 aliphatic rings. The van der Waals surface area contributed by atoms with Gasteiger partial charge in [-0.3, -0.25) is 10.1 Å². The van der Waals surface area contributed by atoms with E-state index in [1.165, 1.54) is 23.5 Å². The monoisotopic (exact) mass is 410 g/mol. The topological polar surface area (TPSA) is 109 Å². The van der Waals surface area contributed by atoms with Crippen molar-refractivity contribution in [1.29, 1.82) is 0 Å². The van der Waals surface area contributed by atoms with E-state index in [1.54, 1.807) is 20.8 Å². The highest BCUT2D eigenvalue weighted by Gasteiger charge is 2.22. The van der Waals surface area contributed by atoms with E-state index in [-0.39, 0.29) is 11.3 Å². The van der Waals surface area contributed by atoms with Crippen molar-refractivity contribution in [3.05, 3.63) is 45.0 Å². The molecule has 2 rings (SSSR count). The van der Waals surface area contributed by atoms with E-state index in [9.17, 15) is 19.7 Å². The number of nitrogens with zero attached hydrogens (tertiary/aromatic N) is 2. The van der Waals surface area contributed by atoms with Crippen LogP contribution in [0.25, 0.3) is 0 Å². The molecule has 1 heterocycles. The number of ether oxygens (including phenoxy) is 2. The van der Waals surface area contributed by atoms with Crippen molar-refractivity contribution in [3.63, 3.8) is 0 Å². The van der Waals surface area contributed by atoms with Gasteiger partial charge in [0.1, 0.15) is 5.60 Å². The van der Waals surface area contributed by atoms with E-state index in [0.29, 0.717) is 9.24 Å². The van der Waals surface area contributed by atoms with Crippen molar-refractivity contribution in [2.75, 3.05) is 6.61 Å². The number of carbonyl (C=O) groups excluding carboxylic acids is 2. The van der Waals surface area contributed by atoms with Crippen LogP contribution in [-0.4, -0.2) is 34.1 Å². The first-order valence-electron chi connectivity index (χ1n) is 7.82. The highest BCUT2D eigenvalue weighted by Crippen LogP contribution is 2.36. The maximum Gasteiger partial charge on any atom is 0.344 e. The quantitative estimate of drug-likeness (QED) is 0.399. The minimum absolute atomic E-state index is 0.0232. The summed E-state index contributed by atoms with van der Waals surface area (Å²) in [6.07, 6.45) is 0. The Balaban J connectivity index is 2.11. The minimum atomic E-state index is -0.842. The number of esters is 2. The molecule has 2 aromatic rings. The SMILES string of the molecule is Cc1csc(Sc2ccc(C(=O)OCC(=O)OC(C)(C)C)cc2[N+](=O)[O-])n1. The van der Waals surface area contributed by atoms with Gasteiger partial charge in [-0.05, 0) is 39.8 Å². The molecule has 0 bridgehead atoms. The fraction of sp³-hybridized carbons (Fsp3) is 0.353. The molecule has 0 saturated heterocycles. The summed E-state index contributed by atoms with van der Waals surface area (Å²) < 4.78 is 10.6. The van der Waals surface area contributed by atoms with Gasteiger partial charge in [0, 0.05) is 17.1 Å². The molecule has 0 radical (unpaired) electrons. The first-order valence-corrected chi connectivity index (χ1v) is 9.52. The number of rotatable bonds is 6. The van der Waals surface area contributed by atoms with Gasteiger partial charge >= 0.3 is 11.9 Å². The molecule has 0 aliphatic carbocycles. The van der Waals surface area contributed by atoms with Gasteiger partial charge in [-0.2, -0.15) is 0 Å². The minimum Gasteiger partial charge on any atom is -0.457 e. The first-order chi connectivity index (χ1) is 12.5. The Bertz CT molecular complexity index is 873. The lowest BCUT2D eigenvalue weighted by atomic mass is 10.2. The van der Waals surface area contributed by atoms with Crippen molar-refractivity contribution < 1.29 is 24.0 Å². The third-order valence-electron chi connectivity index (χ3n) is 2.93. The fourth-order valence-corrected chi connectivity index (χ4v) is 3.80. The molecule has 27 heavy (non-hydrogen) atoms. The molecule has 144 valence electrons. The first kappa shape index (κ1) is 20.8. The van der Waals surface area contributed by atoms with Gasteiger partial charge in [-0.15, -0.1) is 11.3 Å². The van der Waals surface area contributed by atoms with Crippen LogP contribution in [0.1, 0.15) is 36.8 Å². The molecular formula is C17H18N2O6S2. The zero-order valence-electron chi connectivity index (χ0n) is 15.2. The van der Waals surface area contributed by atoms with E-state index < -0.39 is 29.1 Å². The third-order valence-corrected chi connectivity index (χ3v) is 5.05. The number of nitro benzene ring substituents is 1. The van der Waals surface area contributed by atoms with Gasteiger partial charge < -0.3 is 9.47 Å². The summed E-state index contributed by atoms with van der Waals surface area (Å²) >= 11 is 2.53. The average molecular weight is 410 g/mol. The Kier molecular flexibility index (Phi) is 6.55. The lowest BCUT2D eigenvalue weighted by molar-refractivity contribution is -0.387. The Hall–Kier alpha value is -2.46. The van der Waals surface area contributed by atoms with Crippen molar-refractivity contribution >= 4 is 40.7 Å². The van der Waals surface area contributed by atoms with E-state index in [0.717, 1.165) is 23.5 Å². The molecule has 0 spiro atoms. The van der Waals surface area contributed by atoms with Gasteiger partial charge in [0.15, 0.2) is 10.9 Å². The summed E-state index contributed by atoms with van der Waals surface area (Å²) in [5.41, 5.74) is -0.132. The van der Waals surface area contributed by atoms with Crippen LogP contribution in [0, 0.1) is 17.0 Å². The van der Waals surface area contributed by atoms with Crippen molar-refractivity contribution in [2.45, 2.75) is 42.5 Å². The number of benzene rings is 1.